The van der Waals surface area contributed by atoms with Crippen LogP contribution in [-0.4, -0.2) is 42.8 Å². The van der Waals surface area contributed by atoms with E-state index in [0.717, 1.165) is 10.6 Å². The van der Waals surface area contributed by atoms with Crippen LogP contribution >= 0.6 is 11.6 Å². The molecule has 0 atom stereocenters. The monoisotopic (exact) mass is 563 g/mol. The largest absolute Gasteiger partial charge is 0.486 e. The number of aliphatic hydroxyl groups is 1. The van der Waals surface area contributed by atoms with Gasteiger partial charge < -0.3 is 19.3 Å². The highest BCUT2D eigenvalue weighted by atomic mass is 35.5. The Labute approximate surface area is 226 Å². The number of aromatic nitrogens is 5. The highest BCUT2D eigenvalue weighted by molar-refractivity contribution is 6.31. The molecule has 0 fully saturated rings. The van der Waals surface area contributed by atoms with Gasteiger partial charge in [-0.2, -0.15) is 0 Å². The molecule has 4 aromatic heterocycles. The third kappa shape index (κ3) is 5.10. The van der Waals surface area contributed by atoms with Crippen molar-refractivity contribution in [2.75, 3.05) is 13.2 Å². The lowest BCUT2D eigenvalue weighted by molar-refractivity contribution is 0.0688. The van der Waals surface area contributed by atoms with Crippen molar-refractivity contribution in [2.45, 2.75) is 26.0 Å². The van der Waals surface area contributed by atoms with E-state index in [1.54, 1.807) is 0 Å². The highest BCUT2D eigenvalue weighted by Crippen LogP contribution is 2.36. The molecule has 202 valence electrons. The van der Waals surface area contributed by atoms with Crippen LogP contribution < -0.4 is 19.8 Å². The Morgan fingerprint density at radius 2 is 1.95 bits per heavy atom. The third-order valence-corrected chi connectivity index (χ3v) is 5.72. The van der Waals surface area contributed by atoms with Crippen molar-refractivity contribution in [1.29, 1.82) is 0 Å². The zero-order valence-corrected chi connectivity index (χ0v) is 21.0. The predicted molar refractivity (Wildman–Crippen MR) is 131 cm³/mol. The van der Waals surface area contributed by atoms with Crippen LogP contribution in [0.5, 0.6) is 17.4 Å². The summed E-state index contributed by atoms with van der Waals surface area (Å²) in [5.41, 5.74) is -4.23. The van der Waals surface area contributed by atoms with Gasteiger partial charge in [0.25, 0.3) is 5.56 Å². The SMILES string of the molecule is [2H]C([2H])(Oc1cc2n(c(=O)c1Cl)-c1c(cnc(-c3ccnc(C(C)(C)O)n3)c1F)OCCO2)c1ncc(F)cc1F. The van der Waals surface area contributed by atoms with Gasteiger partial charge in [-0.15, -0.1) is 0 Å². The fourth-order valence-corrected chi connectivity index (χ4v) is 3.74. The minimum atomic E-state index is -3.01. The van der Waals surface area contributed by atoms with Crippen molar-refractivity contribution in [3.8, 4) is 34.5 Å². The second-order valence-corrected chi connectivity index (χ2v) is 9.02. The van der Waals surface area contributed by atoms with Gasteiger partial charge in [0.15, 0.2) is 23.2 Å². The summed E-state index contributed by atoms with van der Waals surface area (Å²) in [5, 5.41) is 9.56. The number of rotatable bonds is 5. The van der Waals surface area contributed by atoms with Crippen molar-refractivity contribution in [3.05, 3.63) is 81.1 Å². The van der Waals surface area contributed by atoms with Crippen LogP contribution in [0.15, 0.2) is 41.6 Å². The maximum atomic E-state index is 16.1. The molecule has 0 aromatic carbocycles. The fraction of sp³-hybridized carbons (Fsp3) is 0.240. The lowest BCUT2D eigenvalue weighted by Gasteiger charge is -2.23. The van der Waals surface area contributed by atoms with E-state index in [1.807, 2.05) is 0 Å². The van der Waals surface area contributed by atoms with E-state index in [0.29, 0.717) is 12.3 Å². The number of hydrogen-bond donors (Lipinski definition) is 1. The highest BCUT2D eigenvalue weighted by Gasteiger charge is 2.28. The zero-order chi connectivity index (χ0) is 29.7. The molecule has 5 heterocycles. The minimum Gasteiger partial charge on any atom is -0.486 e. The summed E-state index contributed by atoms with van der Waals surface area (Å²) in [7, 11) is 0. The van der Waals surface area contributed by atoms with Crippen LogP contribution in [0.3, 0.4) is 0 Å². The van der Waals surface area contributed by atoms with Gasteiger partial charge in [0.1, 0.15) is 59.0 Å². The number of ether oxygens (including phenoxy) is 3. The first kappa shape index (κ1) is 23.9. The van der Waals surface area contributed by atoms with E-state index in [1.165, 1.54) is 32.3 Å². The first-order valence-corrected chi connectivity index (χ1v) is 11.6. The molecule has 0 unspecified atom stereocenters. The van der Waals surface area contributed by atoms with Gasteiger partial charge in [-0.25, -0.2) is 32.7 Å². The molecule has 0 radical (unpaired) electrons. The Morgan fingerprint density at radius 3 is 2.69 bits per heavy atom. The summed E-state index contributed by atoms with van der Waals surface area (Å²) in [5.74, 6) is -4.49. The average molecular weight is 564 g/mol. The molecule has 10 nitrogen and oxygen atoms in total. The summed E-state index contributed by atoms with van der Waals surface area (Å²) < 4.78 is 77.0. The molecule has 39 heavy (non-hydrogen) atoms. The first-order chi connectivity index (χ1) is 19.3. The number of hydrogen-bond acceptors (Lipinski definition) is 9. The van der Waals surface area contributed by atoms with Crippen LogP contribution in [0.25, 0.3) is 17.1 Å². The fourth-order valence-electron chi connectivity index (χ4n) is 3.57. The van der Waals surface area contributed by atoms with Gasteiger partial charge in [-0.05, 0) is 19.9 Å². The van der Waals surface area contributed by atoms with Crippen molar-refractivity contribution >= 4 is 11.6 Å². The molecule has 0 saturated carbocycles. The minimum absolute atomic E-state index is 0.00807. The van der Waals surface area contributed by atoms with Crippen LogP contribution in [0.4, 0.5) is 13.2 Å². The number of halogens is 4. The van der Waals surface area contributed by atoms with Gasteiger partial charge in [-0.1, -0.05) is 11.6 Å². The van der Waals surface area contributed by atoms with E-state index in [4.69, 9.17) is 28.6 Å². The summed E-state index contributed by atoms with van der Waals surface area (Å²) in [4.78, 5) is 29.2. The number of nitrogens with zero attached hydrogens (tertiary/aromatic N) is 5. The van der Waals surface area contributed by atoms with Gasteiger partial charge in [0.2, 0.25) is 5.88 Å². The van der Waals surface area contributed by atoms with Crippen molar-refractivity contribution < 1.29 is 35.2 Å². The van der Waals surface area contributed by atoms with Gasteiger partial charge >= 0.3 is 0 Å². The van der Waals surface area contributed by atoms with Crippen molar-refractivity contribution in [2.24, 2.45) is 0 Å². The van der Waals surface area contributed by atoms with Crippen LogP contribution in [-0.2, 0) is 12.2 Å². The van der Waals surface area contributed by atoms with Gasteiger partial charge in [0, 0.05) is 18.3 Å². The number of fused-ring (bicyclic) bond motifs is 3. The van der Waals surface area contributed by atoms with E-state index >= 15 is 4.39 Å². The van der Waals surface area contributed by atoms with E-state index < -0.39 is 57.3 Å². The second-order valence-electron chi connectivity index (χ2n) is 8.64. The average Bonchev–Trinajstić information content (AvgIpc) is 2.88. The maximum absolute atomic E-state index is 16.1. The van der Waals surface area contributed by atoms with Crippen LogP contribution in [0.1, 0.15) is 28.1 Å². The van der Waals surface area contributed by atoms with Crippen LogP contribution in [0.2, 0.25) is 5.02 Å². The molecular formula is C25H19ClF3N5O5. The summed E-state index contributed by atoms with van der Waals surface area (Å²) in [6.07, 6.45) is 3.06. The maximum Gasteiger partial charge on any atom is 0.280 e. The smallest absolute Gasteiger partial charge is 0.280 e. The lowest BCUT2D eigenvalue weighted by atomic mass is 10.1. The Hall–Kier alpha value is -4.23. The third-order valence-electron chi connectivity index (χ3n) is 5.37. The molecule has 14 heteroatoms. The Morgan fingerprint density at radius 1 is 1.18 bits per heavy atom. The van der Waals surface area contributed by atoms with E-state index in [2.05, 4.69) is 19.9 Å². The second kappa shape index (κ2) is 10.2. The molecule has 0 saturated heterocycles. The molecule has 0 bridgehead atoms. The molecule has 1 N–H and O–H groups in total. The standard InChI is InChI=1S/C25H19ClF3N5O5/c1-25(2,36)24-30-4-3-14(33-24)21-20(29)22-17(10-32-21)37-5-6-38-18-8-16(19(26)23(35)34(18)22)39-11-15-13(28)7-12(27)9-31-15/h3-4,7-10,36H,5-6,11H2,1-2H3/i11D2. The van der Waals surface area contributed by atoms with Crippen molar-refractivity contribution in [1.82, 2.24) is 24.5 Å². The van der Waals surface area contributed by atoms with Crippen molar-refractivity contribution in [3.63, 3.8) is 0 Å². The zero-order valence-electron chi connectivity index (χ0n) is 22.2. The molecule has 1 aliphatic rings. The Balaban J connectivity index is 1.65. The lowest BCUT2D eigenvalue weighted by Crippen LogP contribution is -2.27. The summed E-state index contributed by atoms with van der Waals surface area (Å²) in [6.45, 7) is -0.347. The normalized spacial score (nSPS) is 14.0. The van der Waals surface area contributed by atoms with Gasteiger partial charge in [0.05, 0.1) is 20.8 Å². The molecule has 0 amide bonds. The Kier molecular flexibility index (Phi) is 6.21. The number of pyridine rings is 3. The molecule has 0 aliphatic carbocycles. The predicted octanol–water partition coefficient (Wildman–Crippen LogP) is 3.73. The van der Waals surface area contributed by atoms with Gasteiger partial charge in [-0.3, -0.25) is 9.78 Å². The molecular weight excluding hydrogens is 543 g/mol. The summed E-state index contributed by atoms with van der Waals surface area (Å²) in [6, 6.07) is 2.78. The van der Waals surface area contributed by atoms with E-state index in [-0.39, 0.29) is 42.1 Å². The first-order valence-electron chi connectivity index (χ1n) is 12.2. The quantitative estimate of drug-likeness (QED) is 0.387. The summed E-state index contributed by atoms with van der Waals surface area (Å²) >= 11 is 6.25. The topological polar surface area (TPSA) is 121 Å². The molecule has 4 aromatic rings. The van der Waals surface area contributed by atoms with E-state index in [9.17, 15) is 18.7 Å². The van der Waals surface area contributed by atoms with Crippen LogP contribution in [0, 0.1) is 17.5 Å². The molecule has 5 rings (SSSR count). The molecule has 0 spiro atoms. The molecule has 1 aliphatic heterocycles. The Bertz CT molecular complexity index is 1740.